The van der Waals surface area contributed by atoms with Gasteiger partial charge in [-0.25, -0.2) is 0 Å². The van der Waals surface area contributed by atoms with Crippen LogP contribution in [0.2, 0.25) is 0 Å². The average Bonchev–Trinajstić information content (AvgIpc) is 2.30. The van der Waals surface area contributed by atoms with Gasteiger partial charge in [-0.3, -0.25) is 10.1 Å². The minimum atomic E-state index is -0.783. The van der Waals surface area contributed by atoms with Crippen LogP contribution in [0.3, 0.4) is 0 Å². The van der Waals surface area contributed by atoms with E-state index in [1.807, 2.05) is 18.2 Å². The molecule has 0 radical (unpaired) electrons. The van der Waals surface area contributed by atoms with Gasteiger partial charge in [-0.1, -0.05) is 31.2 Å². The first-order valence-electron chi connectivity index (χ1n) is 5.83. The third-order valence-corrected chi connectivity index (χ3v) is 4.61. The van der Waals surface area contributed by atoms with E-state index in [1.54, 1.807) is 0 Å². The topological polar surface area (TPSA) is 43.1 Å². The van der Waals surface area contributed by atoms with Gasteiger partial charge < -0.3 is 0 Å². The van der Waals surface area contributed by atoms with Crippen LogP contribution in [-0.4, -0.2) is 4.92 Å². The average molecular weight is 217 g/mol. The highest BCUT2D eigenvalue weighted by Gasteiger charge is 2.57. The van der Waals surface area contributed by atoms with Gasteiger partial charge in [-0.15, -0.1) is 0 Å². The molecule has 1 aromatic rings. The molecule has 4 rings (SSSR count). The molecule has 0 unspecified atom stereocenters. The predicted molar refractivity (Wildman–Crippen MR) is 60.9 cm³/mol. The number of hydrogen-bond donors (Lipinski definition) is 0. The lowest BCUT2D eigenvalue weighted by molar-refractivity contribution is -0.588. The summed E-state index contributed by atoms with van der Waals surface area (Å²) in [6, 6.07) is 7.95. The minimum Gasteiger partial charge on any atom is -0.264 e. The first kappa shape index (κ1) is 9.82. The SMILES string of the molecule is CC12CCC([N+](=O)[O-])(CC1)c1ccccc12. The normalized spacial score (nSPS) is 35.8. The van der Waals surface area contributed by atoms with Crippen LogP contribution in [0, 0.1) is 10.1 Å². The van der Waals surface area contributed by atoms with E-state index in [4.69, 9.17) is 0 Å². The van der Waals surface area contributed by atoms with E-state index in [-0.39, 0.29) is 10.3 Å². The molecule has 0 N–H and O–H groups in total. The summed E-state index contributed by atoms with van der Waals surface area (Å²) < 4.78 is 0. The second-order valence-electron chi connectivity index (χ2n) is 5.39. The molecule has 2 bridgehead atoms. The van der Waals surface area contributed by atoms with Gasteiger partial charge in [0.1, 0.15) is 0 Å². The van der Waals surface area contributed by atoms with E-state index < -0.39 is 5.54 Å². The summed E-state index contributed by atoms with van der Waals surface area (Å²) in [5.41, 5.74) is 1.58. The summed E-state index contributed by atoms with van der Waals surface area (Å²) in [5.74, 6) is 0. The minimum absolute atomic E-state index is 0.0510. The Labute approximate surface area is 94.6 Å². The highest BCUT2D eigenvalue weighted by Crippen LogP contribution is 2.56. The molecule has 0 saturated heterocycles. The van der Waals surface area contributed by atoms with E-state index in [0.29, 0.717) is 12.8 Å². The summed E-state index contributed by atoms with van der Waals surface area (Å²) in [6.45, 7) is 2.24. The van der Waals surface area contributed by atoms with E-state index in [1.165, 1.54) is 5.56 Å². The van der Waals surface area contributed by atoms with E-state index >= 15 is 0 Å². The van der Waals surface area contributed by atoms with Crippen molar-refractivity contribution in [3.05, 3.63) is 45.5 Å². The summed E-state index contributed by atoms with van der Waals surface area (Å²) in [4.78, 5) is 11.4. The quantitative estimate of drug-likeness (QED) is 0.536. The zero-order valence-corrected chi connectivity index (χ0v) is 9.40. The lowest BCUT2D eigenvalue weighted by Gasteiger charge is -2.48. The van der Waals surface area contributed by atoms with Crippen molar-refractivity contribution in [3.63, 3.8) is 0 Å². The van der Waals surface area contributed by atoms with Crippen LogP contribution < -0.4 is 0 Å². The van der Waals surface area contributed by atoms with Crippen LogP contribution >= 0.6 is 0 Å². The Morgan fingerprint density at radius 1 is 1.12 bits per heavy atom. The molecule has 16 heavy (non-hydrogen) atoms. The van der Waals surface area contributed by atoms with Gasteiger partial charge in [-0.05, 0) is 23.8 Å². The van der Waals surface area contributed by atoms with E-state index in [2.05, 4.69) is 13.0 Å². The van der Waals surface area contributed by atoms with Gasteiger partial charge in [0.25, 0.3) is 0 Å². The Bertz CT molecular complexity index is 459. The monoisotopic (exact) mass is 217 g/mol. The third kappa shape index (κ3) is 0.984. The largest absolute Gasteiger partial charge is 0.264 e. The molecule has 3 heteroatoms. The lowest BCUT2D eigenvalue weighted by atomic mass is 9.55. The van der Waals surface area contributed by atoms with E-state index in [9.17, 15) is 10.1 Å². The van der Waals surface area contributed by atoms with Gasteiger partial charge in [0.2, 0.25) is 5.54 Å². The molecule has 84 valence electrons. The van der Waals surface area contributed by atoms with Crippen LogP contribution in [0.25, 0.3) is 0 Å². The Kier molecular flexibility index (Phi) is 1.74. The molecule has 0 heterocycles. The second-order valence-corrected chi connectivity index (χ2v) is 5.39. The smallest absolute Gasteiger partial charge is 0.247 e. The standard InChI is InChI=1S/C13H15NO2/c1-12-6-8-13(9-7-12,14(15)16)11-5-3-2-4-10(11)12/h2-5H,6-9H2,1H3. The second kappa shape index (κ2) is 2.84. The lowest BCUT2D eigenvalue weighted by Crippen LogP contribution is -2.50. The van der Waals surface area contributed by atoms with Crippen LogP contribution in [0.5, 0.6) is 0 Å². The predicted octanol–water partition coefficient (Wildman–Crippen LogP) is 3.00. The maximum atomic E-state index is 11.4. The van der Waals surface area contributed by atoms with Gasteiger partial charge in [0.15, 0.2) is 0 Å². The summed E-state index contributed by atoms with van der Waals surface area (Å²) in [6.07, 6.45) is 3.30. The number of benzene rings is 1. The molecule has 0 aliphatic heterocycles. The molecule has 0 aromatic heterocycles. The maximum Gasteiger partial charge on any atom is 0.247 e. The summed E-state index contributed by atoms with van der Waals surface area (Å²) >= 11 is 0. The highest BCUT2D eigenvalue weighted by molar-refractivity contribution is 5.43. The van der Waals surface area contributed by atoms with Gasteiger partial charge in [-0.2, -0.15) is 0 Å². The van der Waals surface area contributed by atoms with Crippen molar-refractivity contribution in [2.24, 2.45) is 0 Å². The molecule has 0 spiro atoms. The van der Waals surface area contributed by atoms with Crippen molar-refractivity contribution in [2.75, 3.05) is 0 Å². The molecule has 3 nitrogen and oxygen atoms in total. The van der Waals surface area contributed by atoms with Crippen molar-refractivity contribution in [3.8, 4) is 0 Å². The molecule has 3 aliphatic rings. The molecule has 3 aliphatic carbocycles. The van der Waals surface area contributed by atoms with Crippen LogP contribution in [-0.2, 0) is 11.0 Å². The molecule has 0 amide bonds. The van der Waals surface area contributed by atoms with Crippen LogP contribution in [0.4, 0.5) is 0 Å². The van der Waals surface area contributed by atoms with Crippen LogP contribution in [0.15, 0.2) is 24.3 Å². The van der Waals surface area contributed by atoms with E-state index in [0.717, 1.165) is 18.4 Å². The first-order valence-corrected chi connectivity index (χ1v) is 5.83. The van der Waals surface area contributed by atoms with Crippen molar-refractivity contribution < 1.29 is 4.92 Å². The van der Waals surface area contributed by atoms with Crippen molar-refractivity contribution >= 4 is 0 Å². The number of rotatable bonds is 1. The highest BCUT2D eigenvalue weighted by atomic mass is 16.6. The van der Waals surface area contributed by atoms with Crippen LogP contribution in [0.1, 0.15) is 43.7 Å². The first-order chi connectivity index (χ1) is 7.58. The van der Waals surface area contributed by atoms with Crippen molar-refractivity contribution in [2.45, 2.75) is 43.6 Å². The number of fused-ring (bicyclic) bond motifs is 2. The Balaban J connectivity index is 2.28. The van der Waals surface area contributed by atoms with Crippen molar-refractivity contribution in [1.82, 2.24) is 0 Å². The molecular formula is C13H15NO2. The fourth-order valence-corrected chi connectivity index (χ4v) is 3.45. The van der Waals surface area contributed by atoms with Crippen molar-refractivity contribution in [1.29, 1.82) is 0 Å². The van der Waals surface area contributed by atoms with Gasteiger partial charge >= 0.3 is 0 Å². The Hall–Kier alpha value is -1.38. The third-order valence-electron chi connectivity index (χ3n) is 4.61. The number of hydrogen-bond acceptors (Lipinski definition) is 2. The molecule has 1 fully saturated rings. The fraction of sp³-hybridized carbons (Fsp3) is 0.538. The maximum absolute atomic E-state index is 11.4. The summed E-state index contributed by atoms with van der Waals surface area (Å²) in [5, 5.41) is 11.4. The number of nitro groups is 1. The van der Waals surface area contributed by atoms with Gasteiger partial charge in [0, 0.05) is 23.3 Å². The zero-order chi connectivity index (χ0) is 11.4. The Morgan fingerprint density at radius 2 is 1.69 bits per heavy atom. The summed E-state index contributed by atoms with van der Waals surface area (Å²) in [7, 11) is 0. The fourth-order valence-electron chi connectivity index (χ4n) is 3.45. The molecular weight excluding hydrogens is 202 g/mol. The Morgan fingerprint density at radius 3 is 2.25 bits per heavy atom. The molecule has 0 atom stereocenters. The number of nitrogens with zero attached hydrogens (tertiary/aromatic N) is 1. The molecule has 1 saturated carbocycles. The van der Waals surface area contributed by atoms with Gasteiger partial charge in [0.05, 0.1) is 0 Å². The zero-order valence-electron chi connectivity index (χ0n) is 9.40. The molecule has 1 aromatic carbocycles.